The van der Waals surface area contributed by atoms with Gasteiger partial charge in [0.05, 0.1) is 18.4 Å². The van der Waals surface area contributed by atoms with Crippen LogP contribution in [0.3, 0.4) is 0 Å². The number of benzene rings is 1. The average Bonchev–Trinajstić information content (AvgIpc) is 2.83. The summed E-state index contributed by atoms with van der Waals surface area (Å²) in [5.74, 6) is -2.10. The first-order chi connectivity index (χ1) is 16.3. The number of carbonyl (C=O) groups excluding carboxylic acids is 3. The van der Waals surface area contributed by atoms with E-state index in [9.17, 15) is 19.5 Å². The Morgan fingerprint density at radius 1 is 1.03 bits per heavy atom. The maximum atomic E-state index is 12.8. The van der Waals surface area contributed by atoms with E-state index in [4.69, 9.17) is 23.7 Å². The standard InChI is InChI=1S/C24H31NO9/c1-14-9-7-8-10-15(2)22(28)33-20-19(32-21(14)27)18(17(13-26)31-23(20)30-3)34-24(29)25-16-11-5-4-6-12-16/h4-8,11-12,14-15,17-20,23,26H,9-10,13H2,1-3H3,(H,25,29)/t14-,15-,17+,18+,19-,20+,23-/m0/s1. The number of rotatable bonds is 4. The number of amides is 1. The zero-order valence-electron chi connectivity index (χ0n) is 19.4. The summed E-state index contributed by atoms with van der Waals surface area (Å²) in [7, 11) is 1.33. The van der Waals surface area contributed by atoms with Crippen LogP contribution in [0.15, 0.2) is 42.5 Å². The van der Waals surface area contributed by atoms with Crippen LogP contribution in [0.5, 0.6) is 0 Å². The van der Waals surface area contributed by atoms with Gasteiger partial charge in [0.25, 0.3) is 0 Å². The summed E-state index contributed by atoms with van der Waals surface area (Å²) in [4.78, 5) is 38.2. The Morgan fingerprint density at radius 2 is 1.62 bits per heavy atom. The van der Waals surface area contributed by atoms with Crippen molar-refractivity contribution in [3.8, 4) is 0 Å². The van der Waals surface area contributed by atoms with Crippen molar-refractivity contribution in [3.63, 3.8) is 0 Å². The average molecular weight is 478 g/mol. The van der Waals surface area contributed by atoms with Gasteiger partial charge < -0.3 is 28.8 Å². The van der Waals surface area contributed by atoms with E-state index in [2.05, 4.69) is 5.32 Å². The fourth-order valence-corrected chi connectivity index (χ4v) is 3.70. The number of para-hydroxylation sites is 1. The number of carbonyl (C=O) groups is 3. The van der Waals surface area contributed by atoms with Gasteiger partial charge in [-0.3, -0.25) is 14.9 Å². The van der Waals surface area contributed by atoms with Crippen LogP contribution < -0.4 is 5.32 Å². The van der Waals surface area contributed by atoms with Gasteiger partial charge >= 0.3 is 18.0 Å². The Labute approximate surface area is 198 Å². The number of nitrogens with one attached hydrogen (secondary N) is 1. The van der Waals surface area contributed by atoms with Crippen LogP contribution in [0.4, 0.5) is 10.5 Å². The van der Waals surface area contributed by atoms with Crippen LogP contribution in [0.1, 0.15) is 26.7 Å². The molecule has 0 spiro atoms. The van der Waals surface area contributed by atoms with Crippen molar-refractivity contribution in [1.29, 1.82) is 0 Å². The van der Waals surface area contributed by atoms with Gasteiger partial charge in [-0.05, 0) is 25.0 Å². The minimum atomic E-state index is -1.28. The smallest absolute Gasteiger partial charge is 0.412 e. The highest BCUT2D eigenvalue weighted by Crippen LogP contribution is 2.31. The zero-order chi connectivity index (χ0) is 24.7. The number of ether oxygens (including phenoxy) is 5. The molecule has 34 heavy (non-hydrogen) atoms. The molecule has 7 atom stereocenters. The fraction of sp³-hybridized carbons (Fsp3) is 0.542. The Hall–Kier alpha value is -2.95. The summed E-state index contributed by atoms with van der Waals surface area (Å²) >= 11 is 0. The molecule has 186 valence electrons. The van der Waals surface area contributed by atoms with Gasteiger partial charge in [-0.1, -0.05) is 44.2 Å². The molecule has 10 heteroatoms. The highest BCUT2D eigenvalue weighted by molar-refractivity contribution is 5.84. The highest BCUT2D eigenvalue weighted by Gasteiger charge is 2.53. The van der Waals surface area contributed by atoms with E-state index in [1.54, 1.807) is 44.2 Å². The molecule has 10 nitrogen and oxygen atoms in total. The molecule has 0 saturated carbocycles. The van der Waals surface area contributed by atoms with E-state index < -0.39 is 67.2 Å². The molecule has 2 aliphatic heterocycles. The summed E-state index contributed by atoms with van der Waals surface area (Å²) in [5.41, 5.74) is 0.479. The fourth-order valence-electron chi connectivity index (χ4n) is 3.70. The second-order valence-corrected chi connectivity index (χ2v) is 8.37. The molecule has 2 N–H and O–H groups in total. The van der Waals surface area contributed by atoms with Crippen molar-refractivity contribution >= 4 is 23.7 Å². The predicted molar refractivity (Wildman–Crippen MR) is 120 cm³/mol. The molecule has 0 radical (unpaired) electrons. The second-order valence-electron chi connectivity index (χ2n) is 8.37. The van der Waals surface area contributed by atoms with Gasteiger partial charge in [0.1, 0.15) is 6.10 Å². The van der Waals surface area contributed by atoms with Crippen molar-refractivity contribution in [2.45, 2.75) is 57.4 Å². The molecule has 0 aliphatic carbocycles. The largest absolute Gasteiger partial charge is 0.454 e. The topological polar surface area (TPSA) is 130 Å². The molecule has 1 saturated heterocycles. The summed E-state index contributed by atoms with van der Waals surface area (Å²) < 4.78 is 28.0. The molecule has 2 heterocycles. The Balaban J connectivity index is 1.92. The van der Waals surface area contributed by atoms with Gasteiger partial charge in [-0.2, -0.15) is 0 Å². The molecule has 0 bridgehead atoms. The molecule has 1 aromatic rings. The predicted octanol–water partition coefficient (Wildman–Crippen LogP) is 2.41. The van der Waals surface area contributed by atoms with Crippen molar-refractivity contribution in [1.82, 2.24) is 0 Å². The van der Waals surface area contributed by atoms with Crippen LogP contribution in [0, 0.1) is 11.8 Å². The third-order valence-electron chi connectivity index (χ3n) is 5.72. The van der Waals surface area contributed by atoms with Crippen molar-refractivity contribution in [2.24, 2.45) is 11.8 Å². The first kappa shape index (κ1) is 25.7. The molecular weight excluding hydrogens is 446 g/mol. The summed E-state index contributed by atoms with van der Waals surface area (Å²) in [6, 6.07) is 8.60. The number of hydrogen-bond acceptors (Lipinski definition) is 9. The summed E-state index contributed by atoms with van der Waals surface area (Å²) in [6.07, 6.45) is -2.41. The summed E-state index contributed by atoms with van der Waals surface area (Å²) in [5, 5.41) is 12.5. The van der Waals surface area contributed by atoms with E-state index in [1.807, 2.05) is 12.2 Å². The first-order valence-corrected chi connectivity index (χ1v) is 11.2. The van der Waals surface area contributed by atoms with Gasteiger partial charge in [-0.15, -0.1) is 0 Å². The number of aliphatic hydroxyl groups is 1. The maximum Gasteiger partial charge on any atom is 0.412 e. The van der Waals surface area contributed by atoms with E-state index in [1.165, 1.54) is 7.11 Å². The zero-order valence-corrected chi connectivity index (χ0v) is 19.4. The first-order valence-electron chi connectivity index (χ1n) is 11.2. The lowest BCUT2D eigenvalue weighted by Crippen LogP contribution is -2.63. The van der Waals surface area contributed by atoms with Crippen molar-refractivity contribution < 1.29 is 43.2 Å². The minimum absolute atomic E-state index is 0.408. The second kappa shape index (κ2) is 12.0. The number of anilines is 1. The number of fused-ring (bicyclic) bond motifs is 1. The molecule has 0 aromatic heterocycles. The van der Waals surface area contributed by atoms with Gasteiger partial charge in [0.15, 0.2) is 24.6 Å². The number of allylic oxidation sites excluding steroid dienone is 2. The van der Waals surface area contributed by atoms with Crippen LogP contribution in [0.25, 0.3) is 0 Å². The van der Waals surface area contributed by atoms with Crippen LogP contribution in [0.2, 0.25) is 0 Å². The molecule has 2 aliphatic rings. The van der Waals surface area contributed by atoms with Crippen LogP contribution in [-0.2, 0) is 33.3 Å². The van der Waals surface area contributed by atoms with E-state index in [-0.39, 0.29) is 0 Å². The SMILES string of the molecule is CO[C@H]1O[C@H](CO)[C@@H](OC(=O)Nc2ccccc2)[C@@H]2OC(=O)[C@@H](C)CC=CC[C@H](C)C(=O)O[C@@H]12. The number of methoxy groups -OCH3 is 1. The van der Waals surface area contributed by atoms with E-state index in [0.717, 1.165) is 0 Å². The third kappa shape index (κ3) is 6.34. The highest BCUT2D eigenvalue weighted by atomic mass is 16.7. The number of aliphatic hydroxyl groups excluding tert-OH is 1. The monoisotopic (exact) mass is 477 g/mol. The maximum absolute atomic E-state index is 12.8. The molecule has 0 unspecified atom stereocenters. The van der Waals surface area contributed by atoms with Gasteiger partial charge in [0, 0.05) is 12.8 Å². The normalized spacial score (nSPS) is 32.3. The number of esters is 2. The molecule has 3 rings (SSSR count). The quantitative estimate of drug-likeness (QED) is 0.381. The van der Waals surface area contributed by atoms with Crippen molar-refractivity contribution in [3.05, 3.63) is 42.5 Å². The van der Waals surface area contributed by atoms with Crippen LogP contribution in [-0.4, -0.2) is 67.6 Å². The van der Waals surface area contributed by atoms with E-state index in [0.29, 0.717) is 18.5 Å². The Bertz CT molecular complexity index is 874. The third-order valence-corrected chi connectivity index (χ3v) is 5.72. The van der Waals surface area contributed by atoms with E-state index >= 15 is 0 Å². The number of hydrogen-bond donors (Lipinski definition) is 2. The molecular formula is C24H31NO9. The lowest BCUT2D eigenvalue weighted by molar-refractivity contribution is -0.300. The van der Waals surface area contributed by atoms with Gasteiger partial charge in [-0.25, -0.2) is 4.79 Å². The molecule has 1 fully saturated rings. The Morgan fingerprint density at radius 3 is 2.18 bits per heavy atom. The van der Waals surface area contributed by atoms with Crippen molar-refractivity contribution in [2.75, 3.05) is 19.0 Å². The lowest BCUT2D eigenvalue weighted by Gasteiger charge is -2.44. The minimum Gasteiger partial charge on any atom is -0.454 e. The van der Waals surface area contributed by atoms with Gasteiger partial charge in [0.2, 0.25) is 0 Å². The Kier molecular flexibility index (Phi) is 9.03. The molecule has 1 aromatic carbocycles. The lowest BCUT2D eigenvalue weighted by atomic mass is 9.97. The van der Waals surface area contributed by atoms with Crippen LogP contribution >= 0.6 is 0 Å². The summed E-state index contributed by atoms with van der Waals surface area (Å²) in [6.45, 7) is 2.86. The molecule has 1 amide bonds.